The second-order valence-electron chi connectivity index (χ2n) is 6.30. The van der Waals surface area contributed by atoms with Crippen LogP contribution in [0.1, 0.15) is 33.6 Å². The molecule has 2 fully saturated rings. The van der Waals surface area contributed by atoms with E-state index in [-0.39, 0.29) is 0 Å². The fourth-order valence-electron chi connectivity index (χ4n) is 3.59. The van der Waals surface area contributed by atoms with Gasteiger partial charge in [-0.15, -0.1) is 0 Å². The Morgan fingerprint density at radius 2 is 2.00 bits per heavy atom. The maximum Gasteiger partial charge on any atom is 0.0158 e. The van der Waals surface area contributed by atoms with E-state index in [1.54, 1.807) is 0 Å². The Morgan fingerprint density at radius 3 is 2.65 bits per heavy atom. The molecule has 2 nitrogen and oxygen atoms in total. The van der Waals surface area contributed by atoms with E-state index < -0.39 is 0 Å². The molecule has 0 aromatic rings. The molecule has 100 valence electrons. The molecule has 0 radical (unpaired) electrons. The Kier molecular flexibility index (Phi) is 4.79. The van der Waals surface area contributed by atoms with Crippen molar-refractivity contribution in [2.75, 3.05) is 24.6 Å². The summed E-state index contributed by atoms with van der Waals surface area (Å²) in [6, 6.07) is 1.17. The van der Waals surface area contributed by atoms with E-state index in [2.05, 4.69) is 37.4 Å². The molecule has 2 rings (SSSR count). The summed E-state index contributed by atoms with van der Waals surface area (Å²) in [5.74, 6) is 4.95. The lowest BCUT2D eigenvalue weighted by atomic mass is 9.72. The van der Waals surface area contributed by atoms with Crippen LogP contribution in [-0.4, -0.2) is 41.6 Å². The van der Waals surface area contributed by atoms with Crippen molar-refractivity contribution in [2.24, 2.45) is 23.5 Å². The van der Waals surface area contributed by atoms with Crippen LogP contribution < -0.4 is 5.73 Å². The summed E-state index contributed by atoms with van der Waals surface area (Å²) < 4.78 is 0. The number of rotatable bonds is 2. The van der Waals surface area contributed by atoms with Crippen LogP contribution >= 0.6 is 11.8 Å². The first-order valence-electron chi connectivity index (χ1n) is 7.15. The molecule has 0 aromatic carbocycles. The molecule has 5 atom stereocenters. The van der Waals surface area contributed by atoms with Gasteiger partial charge in [0.15, 0.2) is 0 Å². The predicted molar refractivity (Wildman–Crippen MR) is 77.4 cm³/mol. The topological polar surface area (TPSA) is 29.3 Å². The monoisotopic (exact) mass is 256 g/mol. The lowest BCUT2D eigenvalue weighted by Crippen LogP contribution is -2.50. The van der Waals surface area contributed by atoms with Gasteiger partial charge >= 0.3 is 0 Å². The highest BCUT2D eigenvalue weighted by atomic mass is 32.2. The van der Waals surface area contributed by atoms with E-state index >= 15 is 0 Å². The quantitative estimate of drug-likeness (QED) is 0.823. The highest BCUT2D eigenvalue weighted by molar-refractivity contribution is 7.99. The second-order valence-corrected chi connectivity index (χ2v) is 7.45. The average Bonchev–Trinajstić information content (AvgIpc) is 2.25. The van der Waals surface area contributed by atoms with Crippen molar-refractivity contribution >= 4 is 11.8 Å². The zero-order chi connectivity index (χ0) is 12.4. The first-order chi connectivity index (χ1) is 8.08. The highest BCUT2D eigenvalue weighted by Crippen LogP contribution is 2.34. The summed E-state index contributed by atoms with van der Waals surface area (Å²) in [6.07, 6.45) is 2.60. The second kappa shape index (κ2) is 5.94. The van der Waals surface area contributed by atoms with Crippen molar-refractivity contribution in [3.63, 3.8) is 0 Å². The van der Waals surface area contributed by atoms with E-state index in [0.717, 1.165) is 23.8 Å². The number of hydrogen-bond donors (Lipinski definition) is 1. The Bertz CT molecular complexity index is 234. The molecule has 1 heterocycles. The SMILES string of the molecule is CC1CC(C)C(CN2CCSCC2C)C(N)C1. The van der Waals surface area contributed by atoms with Crippen LogP contribution in [0.3, 0.4) is 0 Å². The van der Waals surface area contributed by atoms with Crippen LogP contribution in [0.25, 0.3) is 0 Å². The molecule has 0 spiro atoms. The van der Waals surface area contributed by atoms with Gasteiger partial charge < -0.3 is 5.73 Å². The molecule has 1 aliphatic heterocycles. The largest absolute Gasteiger partial charge is 0.327 e. The van der Waals surface area contributed by atoms with Crippen molar-refractivity contribution in [1.82, 2.24) is 4.90 Å². The van der Waals surface area contributed by atoms with Crippen LogP contribution in [0.15, 0.2) is 0 Å². The summed E-state index contributed by atoms with van der Waals surface area (Å²) in [4.78, 5) is 2.67. The van der Waals surface area contributed by atoms with Crippen LogP contribution in [0.2, 0.25) is 0 Å². The van der Waals surface area contributed by atoms with E-state index in [9.17, 15) is 0 Å². The third-order valence-corrected chi connectivity index (χ3v) is 5.87. The smallest absolute Gasteiger partial charge is 0.0158 e. The summed E-state index contributed by atoms with van der Waals surface area (Å²) in [5.41, 5.74) is 6.39. The third kappa shape index (κ3) is 3.39. The van der Waals surface area contributed by atoms with E-state index in [1.165, 1.54) is 37.4 Å². The van der Waals surface area contributed by atoms with Gasteiger partial charge in [0.2, 0.25) is 0 Å². The zero-order valence-electron chi connectivity index (χ0n) is 11.6. The molecule has 5 unspecified atom stereocenters. The maximum atomic E-state index is 6.39. The first-order valence-corrected chi connectivity index (χ1v) is 8.30. The number of nitrogens with zero attached hydrogens (tertiary/aromatic N) is 1. The number of thioether (sulfide) groups is 1. The van der Waals surface area contributed by atoms with Gasteiger partial charge in [0.05, 0.1) is 0 Å². The lowest BCUT2D eigenvalue weighted by molar-refractivity contribution is 0.104. The molecular weight excluding hydrogens is 228 g/mol. The van der Waals surface area contributed by atoms with Gasteiger partial charge in [-0.2, -0.15) is 11.8 Å². The Morgan fingerprint density at radius 1 is 1.24 bits per heavy atom. The summed E-state index contributed by atoms with van der Waals surface area (Å²) in [7, 11) is 0. The third-order valence-electron chi connectivity index (χ3n) is 4.68. The molecule has 2 aliphatic rings. The first kappa shape index (κ1) is 13.7. The van der Waals surface area contributed by atoms with E-state index in [4.69, 9.17) is 5.73 Å². The predicted octanol–water partition coefficient (Wildman–Crippen LogP) is 2.43. The van der Waals surface area contributed by atoms with Crippen molar-refractivity contribution in [3.8, 4) is 0 Å². The van der Waals surface area contributed by atoms with Gasteiger partial charge in [-0.25, -0.2) is 0 Å². The van der Waals surface area contributed by atoms with Crippen LogP contribution in [0, 0.1) is 17.8 Å². The molecule has 1 saturated carbocycles. The van der Waals surface area contributed by atoms with Crippen molar-refractivity contribution in [3.05, 3.63) is 0 Å². The molecule has 1 saturated heterocycles. The van der Waals surface area contributed by atoms with Crippen LogP contribution in [0.5, 0.6) is 0 Å². The van der Waals surface area contributed by atoms with Crippen molar-refractivity contribution in [2.45, 2.75) is 45.7 Å². The average molecular weight is 256 g/mol. The minimum Gasteiger partial charge on any atom is -0.327 e. The van der Waals surface area contributed by atoms with Crippen molar-refractivity contribution in [1.29, 1.82) is 0 Å². The molecule has 2 N–H and O–H groups in total. The van der Waals surface area contributed by atoms with Gasteiger partial charge in [-0.1, -0.05) is 13.8 Å². The molecule has 0 bridgehead atoms. The zero-order valence-corrected chi connectivity index (χ0v) is 12.4. The Balaban J connectivity index is 1.92. The lowest BCUT2D eigenvalue weighted by Gasteiger charge is -2.43. The number of nitrogens with two attached hydrogens (primary N) is 1. The minimum absolute atomic E-state index is 0.426. The van der Waals surface area contributed by atoms with Gasteiger partial charge in [-0.05, 0) is 37.5 Å². The van der Waals surface area contributed by atoms with Gasteiger partial charge in [0.1, 0.15) is 0 Å². The minimum atomic E-state index is 0.426. The number of hydrogen-bond acceptors (Lipinski definition) is 3. The molecule has 3 heteroatoms. The Labute approximate surface area is 111 Å². The highest BCUT2D eigenvalue weighted by Gasteiger charge is 2.34. The molecule has 1 aliphatic carbocycles. The van der Waals surface area contributed by atoms with Crippen molar-refractivity contribution < 1.29 is 0 Å². The normalized spacial score (nSPS) is 44.8. The van der Waals surface area contributed by atoms with Gasteiger partial charge in [-0.3, -0.25) is 4.90 Å². The van der Waals surface area contributed by atoms with E-state index in [1.807, 2.05) is 0 Å². The molecule has 17 heavy (non-hydrogen) atoms. The maximum absolute atomic E-state index is 6.39. The Hall–Kier alpha value is 0.270. The van der Waals surface area contributed by atoms with E-state index in [0.29, 0.717) is 6.04 Å². The van der Waals surface area contributed by atoms with Crippen LogP contribution in [0.4, 0.5) is 0 Å². The molecule has 0 aromatic heterocycles. The summed E-state index contributed by atoms with van der Waals surface area (Å²) >= 11 is 2.10. The van der Waals surface area contributed by atoms with Crippen LogP contribution in [-0.2, 0) is 0 Å². The summed E-state index contributed by atoms with van der Waals surface area (Å²) in [5, 5.41) is 0. The molecule has 0 amide bonds. The van der Waals surface area contributed by atoms with Gasteiger partial charge in [0, 0.05) is 36.7 Å². The standard InChI is InChI=1S/C14H28N2S/c1-10-6-11(2)13(14(15)7-10)8-16-4-5-17-9-12(16)3/h10-14H,4-9,15H2,1-3H3. The fourth-order valence-corrected chi connectivity index (χ4v) is 4.67. The summed E-state index contributed by atoms with van der Waals surface area (Å²) in [6.45, 7) is 9.62. The molecular formula is C14H28N2S. The van der Waals surface area contributed by atoms with Gasteiger partial charge in [0.25, 0.3) is 0 Å². The fraction of sp³-hybridized carbons (Fsp3) is 1.00.